The van der Waals surface area contributed by atoms with Crippen LogP contribution in [0.15, 0.2) is 43.0 Å². The predicted octanol–water partition coefficient (Wildman–Crippen LogP) is 1.91. The van der Waals surface area contributed by atoms with Crippen LogP contribution in [-0.2, 0) is 9.47 Å². The molecule has 29 heavy (non-hydrogen) atoms. The van der Waals surface area contributed by atoms with Crippen LogP contribution in [0.25, 0.3) is 11.2 Å². The molecule has 5 rings (SSSR count). The third-order valence-corrected chi connectivity index (χ3v) is 5.82. The third-order valence-electron chi connectivity index (χ3n) is 5.82. The van der Waals surface area contributed by atoms with Crippen molar-refractivity contribution in [2.75, 3.05) is 11.9 Å². The van der Waals surface area contributed by atoms with E-state index in [9.17, 15) is 9.90 Å². The molecule has 2 bridgehead atoms. The first-order chi connectivity index (χ1) is 14.1. The van der Waals surface area contributed by atoms with Gasteiger partial charge in [-0.2, -0.15) is 0 Å². The van der Waals surface area contributed by atoms with Gasteiger partial charge >= 0.3 is 0 Å². The van der Waals surface area contributed by atoms with Gasteiger partial charge in [-0.1, -0.05) is 25.1 Å². The number of nitrogens with zero attached hydrogens (tertiary/aromatic N) is 4. The number of aliphatic hydroxyl groups is 1. The fourth-order valence-corrected chi connectivity index (χ4v) is 4.16. The fourth-order valence-electron chi connectivity index (χ4n) is 4.16. The van der Waals surface area contributed by atoms with E-state index in [1.807, 2.05) is 13.0 Å². The van der Waals surface area contributed by atoms with Gasteiger partial charge < -0.3 is 19.9 Å². The van der Waals surface area contributed by atoms with Crippen molar-refractivity contribution < 1.29 is 19.4 Å². The summed E-state index contributed by atoms with van der Waals surface area (Å²) in [5.74, 6) is 0.0343. The Morgan fingerprint density at radius 3 is 2.90 bits per heavy atom. The van der Waals surface area contributed by atoms with Gasteiger partial charge in [-0.05, 0) is 18.6 Å². The molecular formula is C20H21N5O4. The van der Waals surface area contributed by atoms with E-state index < -0.39 is 24.0 Å². The summed E-state index contributed by atoms with van der Waals surface area (Å²) in [5.41, 5.74) is 0.847. The Morgan fingerprint density at radius 1 is 1.31 bits per heavy atom. The molecule has 2 N–H and O–H groups in total. The van der Waals surface area contributed by atoms with E-state index in [1.54, 1.807) is 35.2 Å². The van der Waals surface area contributed by atoms with Gasteiger partial charge in [-0.15, -0.1) is 0 Å². The number of benzene rings is 1. The van der Waals surface area contributed by atoms with Gasteiger partial charge in [-0.3, -0.25) is 9.36 Å². The molecule has 4 atom stereocenters. The zero-order chi connectivity index (χ0) is 20.0. The monoisotopic (exact) mass is 395 g/mol. The lowest BCUT2D eigenvalue weighted by Crippen LogP contribution is -2.48. The molecule has 2 aliphatic rings. The maximum atomic E-state index is 12.5. The molecule has 0 saturated carbocycles. The highest BCUT2D eigenvalue weighted by Crippen LogP contribution is 2.46. The van der Waals surface area contributed by atoms with Crippen molar-refractivity contribution in [3.63, 3.8) is 0 Å². The normalized spacial score (nSPS) is 28.6. The number of nitrogens with one attached hydrogen (secondary N) is 1. The Hall–Kier alpha value is -2.88. The number of aromatic nitrogens is 4. The van der Waals surface area contributed by atoms with Crippen LogP contribution in [-0.4, -0.2) is 54.9 Å². The van der Waals surface area contributed by atoms with E-state index in [0.717, 1.165) is 0 Å². The maximum absolute atomic E-state index is 12.5. The van der Waals surface area contributed by atoms with Gasteiger partial charge in [0.05, 0.1) is 12.9 Å². The number of imidazole rings is 1. The fraction of sp³-hybridized carbons (Fsp3) is 0.400. The van der Waals surface area contributed by atoms with Crippen LogP contribution in [0.5, 0.6) is 0 Å². The Labute approximate surface area is 166 Å². The number of anilines is 1. The van der Waals surface area contributed by atoms with Crippen molar-refractivity contribution in [3.05, 3.63) is 48.5 Å². The second-order valence-electron chi connectivity index (χ2n) is 7.32. The summed E-state index contributed by atoms with van der Waals surface area (Å²) in [6, 6.07) is 8.88. The molecule has 2 saturated heterocycles. The summed E-state index contributed by atoms with van der Waals surface area (Å²) < 4.78 is 13.8. The third kappa shape index (κ3) is 2.81. The van der Waals surface area contributed by atoms with E-state index in [4.69, 9.17) is 9.47 Å². The molecule has 0 spiro atoms. The molecule has 9 heteroatoms. The van der Waals surface area contributed by atoms with Gasteiger partial charge in [0, 0.05) is 12.0 Å². The number of carbonyl (C=O) groups is 1. The number of hydrogen-bond acceptors (Lipinski definition) is 7. The second-order valence-corrected chi connectivity index (χ2v) is 7.32. The lowest BCUT2D eigenvalue weighted by atomic mass is 9.87. The number of fused-ring (bicyclic) bond motifs is 3. The van der Waals surface area contributed by atoms with Crippen LogP contribution in [0.2, 0.25) is 0 Å². The molecule has 4 heterocycles. The van der Waals surface area contributed by atoms with Crippen LogP contribution in [0.4, 0.5) is 5.82 Å². The summed E-state index contributed by atoms with van der Waals surface area (Å²) in [7, 11) is 0. The van der Waals surface area contributed by atoms with Crippen LogP contribution in [0, 0.1) is 0 Å². The molecule has 1 unspecified atom stereocenters. The number of hydrogen-bond donors (Lipinski definition) is 2. The minimum absolute atomic E-state index is 0.281. The van der Waals surface area contributed by atoms with Crippen LogP contribution in [0.3, 0.4) is 0 Å². The highest BCUT2D eigenvalue weighted by Gasteiger charge is 2.57. The molecule has 2 aromatic heterocycles. The van der Waals surface area contributed by atoms with Gasteiger partial charge in [-0.25, -0.2) is 15.0 Å². The summed E-state index contributed by atoms with van der Waals surface area (Å²) in [5, 5.41) is 13.5. The lowest BCUT2D eigenvalue weighted by Gasteiger charge is -2.34. The average Bonchev–Trinajstić information content (AvgIpc) is 3.22. The first-order valence-electron chi connectivity index (χ1n) is 9.64. The summed E-state index contributed by atoms with van der Waals surface area (Å²) in [6.45, 7) is 2.53. The van der Waals surface area contributed by atoms with E-state index in [2.05, 4.69) is 20.3 Å². The number of amides is 1. The first-order valence-corrected chi connectivity index (χ1v) is 9.64. The van der Waals surface area contributed by atoms with Gasteiger partial charge in [0.2, 0.25) is 0 Å². The van der Waals surface area contributed by atoms with Crippen LogP contribution in [0.1, 0.15) is 36.4 Å². The molecule has 3 aromatic rings. The van der Waals surface area contributed by atoms with E-state index >= 15 is 0 Å². The van der Waals surface area contributed by atoms with E-state index in [-0.39, 0.29) is 5.91 Å². The quantitative estimate of drug-likeness (QED) is 0.694. The van der Waals surface area contributed by atoms with Crippen molar-refractivity contribution >= 4 is 22.9 Å². The van der Waals surface area contributed by atoms with Crippen molar-refractivity contribution in [2.45, 2.75) is 43.8 Å². The van der Waals surface area contributed by atoms with Gasteiger partial charge in [0.25, 0.3) is 5.91 Å². The molecule has 1 aromatic carbocycles. The lowest BCUT2D eigenvalue weighted by molar-refractivity contribution is -0.123. The van der Waals surface area contributed by atoms with Crippen LogP contribution < -0.4 is 5.32 Å². The predicted molar refractivity (Wildman–Crippen MR) is 103 cm³/mol. The smallest absolute Gasteiger partial charge is 0.256 e. The molecule has 2 aliphatic heterocycles. The molecule has 2 fully saturated rings. The average molecular weight is 395 g/mol. The highest BCUT2D eigenvalue weighted by atomic mass is 16.6. The van der Waals surface area contributed by atoms with E-state index in [1.165, 1.54) is 6.33 Å². The van der Waals surface area contributed by atoms with Gasteiger partial charge in [0.15, 0.2) is 23.2 Å². The Morgan fingerprint density at radius 2 is 2.14 bits per heavy atom. The van der Waals surface area contributed by atoms with E-state index in [0.29, 0.717) is 42.0 Å². The Kier molecular flexibility index (Phi) is 4.30. The minimum Gasteiger partial charge on any atom is -0.387 e. The highest BCUT2D eigenvalue weighted by molar-refractivity contribution is 6.06. The molecule has 9 nitrogen and oxygen atoms in total. The van der Waals surface area contributed by atoms with Crippen molar-refractivity contribution in [2.24, 2.45) is 0 Å². The SMILES string of the molecule is CC[C@@]12CCO[C@@H](C1O)[C@H](n1cnc3c(NC(=O)c4ccccc4)ncnc31)O2. The van der Waals surface area contributed by atoms with Gasteiger partial charge in [0.1, 0.15) is 24.1 Å². The first kappa shape index (κ1) is 18.2. The minimum atomic E-state index is -0.720. The Balaban J connectivity index is 1.49. The zero-order valence-electron chi connectivity index (χ0n) is 15.9. The molecular weight excluding hydrogens is 374 g/mol. The standard InChI is InChI=1S/C20H21N5O4/c1-2-20-8-9-28-14(15(20)26)19(29-20)25-11-23-13-16(21-10-22-17(13)25)24-18(27)12-6-4-3-5-7-12/h3-7,10-11,14-15,19,26H,2,8-9H2,1H3,(H,21,22,24,27)/t14-,15?,19+,20+/m0/s1. The number of rotatable bonds is 4. The number of ether oxygens (including phenoxy) is 2. The van der Waals surface area contributed by atoms with Crippen molar-refractivity contribution in [1.82, 2.24) is 19.5 Å². The summed E-state index contributed by atoms with van der Waals surface area (Å²) in [6.07, 6.45) is 2.51. The van der Waals surface area contributed by atoms with Crippen LogP contribution >= 0.6 is 0 Å². The topological polar surface area (TPSA) is 111 Å². The second kappa shape index (κ2) is 6.87. The summed E-state index contributed by atoms with van der Waals surface area (Å²) in [4.78, 5) is 25.4. The molecule has 0 radical (unpaired) electrons. The van der Waals surface area contributed by atoms with Crippen molar-refractivity contribution in [1.29, 1.82) is 0 Å². The largest absolute Gasteiger partial charge is 0.387 e. The number of aliphatic hydroxyl groups excluding tert-OH is 1. The zero-order valence-corrected chi connectivity index (χ0v) is 15.9. The van der Waals surface area contributed by atoms with Crippen molar-refractivity contribution in [3.8, 4) is 0 Å². The molecule has 0 aliphatic carbocycles. The molecule has 150 valence electrons. The molecule has 1 amide bonds. The Bertz CT molecular complexity index is 1060. The maximum Gasteiger partial charge on any atom is 0.256 e. The number of carbonyl (C=O) groups excluding carboxylic acids is 1. The summed E-state index contributed by atoms with van der Waals surface area (Å²) >= 11 is 0.